The van der Waals surface area contributed by atoms with Crippen LogP contribution in [0.1, 0.15) is 124 Å². The average molecular weight is 1420 g/mol. The monoisotopic (exact) mass is 1410 g/mol. The van der Waals surface area contributed by atoms with Crippen LogP contribution < -0.4 is 58.6 Å². The highest BCUT2D eigenvalue weighted by atomic mass is 16.6. The average Bonchev–Trinajstić information content (AvgIpc) is 0.791. The van der Waals surface area contributed by atoms with E-state index in [0.717, 1.165) is 141 Å². The topological polar surface area (TPSA) is 211 Å². The van der Waals surface area contributed by atoms with Gasteiger partial charge in [0.15, 0.2) is 34.5 Å². The van der Waals surface area contributed by atoms with Crippen LogP contribution in [0.3, 0.4) is 0 Å². The Hall–Kier alpha value is -9.05. The molecule has 0 spiro atoms. The van der Waals surface area contributed by atoms with Crippen molar-refractivity contribution in [3.05, 3.63) is 197 Å². The number of methoxy groups -OCH3 is 6. The molecule has 20 nitrogen and oxygen atoms in total. The van der Waals surface area contributed by atoms with Crippen molar-refractivity contribution in [2.75, 3.05) is 135 Å². The molecule has 4 heterocycles. The third-order valence-electron chi connectivity index (χ3n) is 20.0. The summed E-state index contributed by atoms with van der Waals surface area (Å²) in [6, 6.07) is 51.0. The van der Waals surface area contributed by atoms with Gasteiger partial charge >= 0.3 is 0 Å². The molecule has 7 aromatic rings. The number of benzene rings is 7. The Morgan fingerprint density at radius 2 is 0.689 bits per heavy atom. The first-order valence-electron chi connectivity index (χ1n) is 36.1. The molecular formula is C83H106N4O16. The highest BCUT2D eigenvalue weighted by molar-refractivity contribution is 5.97. The lowest BCUT2D eigenvalue weighted by Crippen LogP contribution is -2.61. The molecule has 4 saturated heterocycles. The summed E-state index contributed by atoms with van der Waals surface area (Å²) in [5.74, 6) is 3.83. The number of nitrogens with zero attached hydrogens (tertiary/aromatic N) is 1. The molecule has 103 heavy (non-hydrogen) atoms. The van der Waals surface area contributed by atoms with Crippen LogP contribution in [0.5, 0.6) is 51.7 Å². The molecule has 554 valence electrons. The minimum absolute atomic E-state index is 0.0106. The normalized spacial score (nSPS) is 15.9. The molecule has 3 amide bonds. The summed E-state index contributed by atoms with van der Waals surface area (Å²) in [5, 5.41) is 9.51. The van der Waals surface area contributed by atoms with Crippen LogP contribution in [0, 0.1) is 10.8 Å². The van der Waals surface area contributed by atoms with E-state index < -0.39 is 0 Å². The third kappa shape index (κ3) is 22.7. The molecular weight excluding hydrogens is 1310 g/mol. The van der Waals surface area contributed by atoms with Gasteiger partial charge in [-0.1, -0.05) is 135 Å². The second-order valence-electron chi connectivity index (χ2n) is 26.6. The molecule has 4 aliphatic heterocycles. The lowest BCUT2D eigenvalue weighted by molar-refractivity contribution is -0.0693. The molecule has 0 aromatic heterocycles. The quantitative estimate of drug-likeness (QED) is 0.0335. The van der Waals surface area contributed by atoms with Crippen LogP contribution >= 0.6 is 0 Å². The molecule has 4 aliphatic rings. The molecule has 4 fully saturated rings. The number of aryl methyl sites for hydroxylation is 2. The number of rotatable bonds is 32. The predicted molar refractivity (Wildman–Crippen MR) is 397 cm³/mol. The van der Waals surface area contributed by atoms with Gasteiger partial charge in [-0.25, -0.2) is 0 Å². The number of unbranched alkanes of at least 4 members (excludes halogenated alkanes) is 1. The molecule has 0 radical (unpaired) electrons. The standard InChI is InChI=1S/C30H35NO5.C27H37NO5.C26H34N2O6/c1-33-26-19-25(20-27(34-2)28(26)36-21-24-11-7-4-8-12-24)29(32)31-22-30(15-17-35-18-16-30)14-13-23-9-5-3-6-10-23;1-4-5-15-33-25-23(30-2)18-22(19-24(25)31-3)26(29)28-20-27(13-16-32-17-14-27)12-11-21-9-7-6-8-10-21;1-30-22-16-21(17-23(31-2)24(22)34-18-20-6-4-3-5-7-20)25(29)27-19-26(8-12-32-13-9-26)28-10-14-33-15-11-28/h3-12,19-20H,13-18,21-22H2,1-2H3,(H,31,32);6-10,18-19H,4-5,11-17,20H2,1-3H3,(H,28,29);3-7,16-17H,8-15,18-19H2,1-2H3,(H,27,29). The first-order chi connectivity index (χ1) is 50.4. The number of ether oxygens (including phenoxy) is 13. The maximum atomic E-state index is 13.2. The van der Waals surface area contributed by atoms with Crippen molar-refractivity contribution in [1.29, 1.82) is 0 Å². The Labute approximate surface area is 608 Å². The number of morpholine rings is 1. The Bertz CT molecular complexity index is 3620. The molecule has 11 rings (SSSR count). The van der Waals surface area contributed by atoms with Crippen LogP contribution in [0.4, 0.5) is 0 Å². The van der Waals surface area contributed by atoms with Gasteiger partial charge in [0.1, 0.15) is 13.2 Å². The zero-order valence-corrected chi connectivity index (χ0v) is 61.3. The Balaban J connectivity index is 0.000000180. The van der Waals surface area contributed by atoms with E-state index in [0.29, 0.717) is 121 Å². The maximum absolute atomic E-state index is 13.2. The van der Waals surface area contributed by atoms with E-state index >= 15 is 0 Å². The fourth-order valence-corrected chi connectivity index (χ4v) is 13.5. The van der Waals surface area contributed by atoms with Gasteiger partial charge in [0.05, 0.1) is 62.5 Å². The van der Waals surface area contributed by atoms with Gasteiger partial charge in [-0.3, -0.25) is 19.3 Å². The van der Waals surface area contributed by atoms with Gasteiger partial charge in [-0.15, -0.1) is 0 Å². The van der Waals surface area contributed by atoms with E-state index in [9.17, 15) is 14.4 Å². The van der Waals surface area contributed by atoms with Crippen LogP contribution in [-0.2, 0) is 45.0 Å². The Morgan fingerprint density at radius 1 is 0.388 bits per heavy atom. The predicted octanol–water partition coefficient (Wildman–Crippen LogP) is 13.4. The van der Waals surface area contributed by atoms with E-state index in [2.05, 4.69) is 76.3 Å². The van der Waals surface area contributed by atoms with E-state index in [1.165, 1.54) is 11.1 Å². The second-order valence-corrected chi connectivity index (χ2v) is 26.6. The van der Waals surface area contributed by atoms with Crippen molar-refractivity contribution in [2.24, 2.45) is 10.8 Å². The smallest absolute Gasteiger partial charge is 0.251 e. The van der Waals surface area contributed by atoms with Crippen LogP contribution in [0.15, 0.2) is 158 Å². The first-order valence-corrected chi connectivity index (χ1v) is 36.1. The molecule has 0 atom stereocenters. The highest BCUT2D eigenvalue weighted by Gasteiger charge is 2.40. The van der Waals surface area contributed by atoms with Crippen molar-refractivity contribution >= 4 is 17.7 Å². The van der Waals surface area contributed by atoms with Crippen molar-refractivity contribution in [2.45, 2.75) is 103 Å². The number of hydrogen-bond donors (Lipinski definition) is 3. The fourth-order valence-electron chi connectivity index (χ4n) is 13.5. The minimum atomic E-state index is -0.176. The van der Waals surface area contributed by atoms with Crippen molar-refractivity contribution in [1.82, 2.24) is 20.9 Å². The summed E-state index contributed by atoms with van der Waals surface area (Å²) in [6.45, 7) is 12.6. The molecule has 0 aliphatic carbocycles. The van der Waals surface area contributed by atoms with E-state index in [-0.39, 0.29) is 34.1 Å². The SMILES string of the molecule is CCCCOc1c(OC)cc(C(=O)NCC2(CCc3ccccc3)CCOCC2)cc1OC.COc1cc(C(=O)NCC2(CCc3ccccc3)CCOCC2)cc(OC)c1OCc1ccccc1.COc1cc(C(=O)NCC2(N3CCOCC3)CCOCC2)cc(OC)c1OCc1ccccc1. The van der Waals surface area contributed by atoms with Gasteiger partial charge in [0, 0.05) is 94.6 Å². The van der Waals surface area contributed by atoms with Gasteiger partial charge in [-0.05, 0) is 140 Å². The number of hydrogen-bond acceptors (Lipinski definition) is 17. The van der Waals surface area contributed by atoms with Gasteiger partial charge in [0.2, 0.25) is 17.2 Å². The molecule has 0 bridgehead atoms. The van der Waals surface area contributed by atoms with Crippen molar-refractivity contribution in [3.63, 3.8) is 0 Å². The maximum Gasteiger partial charge on any atom is 0.251 e. The summed E-state index contributed by atoms with van der Waals surface area (Å²) >= 11 is 0. The van der Waals surface area contributed by atoms with Crippen LogP contribution in [0.25, 0.3) is 0 Å². The number of nitrogens with one attached hydrogen (secondary N) is 3. The summed E-state index contributed by atoms with van der Waals surface area (Å²) in [5.41, 5.74) is 6.04. The molecule has 0 saturated carbocycles. The molecule has 7 aromatic carbocycles. The van der Waals surface area contributed by atoms with Crippen LogP contribution in [-0.4, -0.2) is 163 Å². The fraction of sp³-hybridized carbons (Fsp3) is 0.458. The zero-order chi connectivity index (χ0) is 72.5. The highest BCUT2D eigenvalue weighted by Crippen LogP contribution is 2.43. The van der Waals surface area contributed by atoms with Crippen LogP contribution in [0.2, 0.25) is 0 Å². The molecule has 20 heteroatoms. The molecule has 3 N–H and O–H groups in total. The lowest BCUT2D eigenvalue weighted by atomic mass is 9.75. The van der Waals surface area contributed by atoms with E-state index in [4.69, 9.17) is 61.6 Å². The first kappa shape index (κ1) is 78.1. The lowest BCUT2D eigenvalue weighted by Gasteiger charge is -2.47. The largest absolute Gasteiger partial charge is 0.493 e. The minimum Gasteiger partial charge on any atom is -0.493 e. The summed E-state index contributed by atoms with van der Waals surface area (Å²) in [4.78, 5) is 42.0. The van der Waals surface area contributed by atoms with E-state index in [1.54, 1.807) is 79.1 Å². The molecule has 0 unspecified atom stereocenters. The van der Waals surface area contributed by atoms with E-state index in [1.807, 2.05) is 72.8 Å². The summed E-state index contributed by atoms with van der Waals surface area (Å²) in [7, 11) is 9.38. The van der Waals surface area contributed by atoms with Gasteiger partial charge in [-0.2, -0.15) is 0 Å². The van der Waals surface area contributed by atoms with Crippen molar-refractivity contribution in [3.8, 4) is 51.7 Å². The number of carbonyl (C=O) groups is 3. The summed E-state index contributed by atoms with van der Waals surface area (Å²) in [6.07, 6.45) is 11.4. The Morgan fingerprint density at radius 3 is 1.02 bits per heavy atom. The Kier molecular flexibility index (Phi) is 30.9. The number of carbonyl (C=O) groups excluding carboxylic acids is 3. The van der Waals surface area contributed by atoms with Gasteiger partial charge < -0.3 is 77.5 Å². The second kappa shape index (κ2) is 40.7. The van der Waals surface area contributed by atoms with Crippen molar-refractivity contribution < 1.29 is 76.0 Å². The zero-order valence-electron chi connectivity index (χ0n) is 61.3. The third-order valence-corrected chi connectivity index (χ3v) is 20.0. The summed E-state index contributed by atoms with van der Waals surface area (Å²) < 4.78 is 73.6. The van der Waals surface area contributed by atoms with Gasteiger partial charge in [0.25, 0.3) is 17.7 Å². The number of amides is 3.